The van der Waals surface area contributed by atoms with Gasteiger partial charge in [0.1, 0.15) is 18.0 Å². The maximum absolute atomic E-state index is 12.6. The van der Waals surface area contributed by atoms with Crippen LogP contribution in [-0.4, -0.2) is 78.7 Å². The third-order valence-electron chi connectivity index (χ3n) is 7.98. The van der Waals surface area contributed by atoms with Crippen LogP contribution in [0.4, 0.5) is 34.6 Å². The third-order valence-corrected chi connectivity index (χ3v) is 7.98. The van der Waals surface area contributed by atoms with E-state index >= 15 is 0 Å². The van der Waals surface area contributed by atoms with E-state index in [1.54, 1.807) is 27.1 Å². The Hall–Kier alpha value is -6.18. The summed E-state index contributed by atoms with van der Waals surface area (Å²) in [5.41, 5.74) is 15.3. The largest absolute Gasteiger partial charge is 0.462 e. The number of esters is 1. The highest BCUT2D eigenvalue weighted by molar-refractivity contribution is 6.02. The Balaban J connectivity index is 1.54. The molecule has 20 nitrogen and oxygen atoms in total. The maximum atomic E-state index is 12.6. The summed E-state index contributed by atoms with van der Waals surface area (Å²) in [5, 5.41) is 45.0. The number of aliphatic hydroxyl groups excluding tert-OH is 1. The summed E-state index contributed by atoms with van der Waals surface area (Å²) >= 11 is 0. The fourth-order valence-corrected chi connectivity index (χ4v) is 5.15. The van der Waals surface area contributed by atoms with Crippen LogP contribution in [0.3, 0.4) is 0 Å². The number of hydrogen-bond donors (Lipinski definition) is 3. The summed E-state index contributed by atoms with van der Waals surface area (Å²) in [7, 11) is 3.25. The molecule has 5 aromatic rings. The van der Waals surface area contributed by atoms with Gasteiger partial charge < -0.3 is 21.3 Å². The molecule has 0 radical (unpaired) electrons. The zero-order valence-corrected chi connectivity index (χ0v) is 29.9. The van der Waals surface area contributed by atoms with Gasteiger partial charge in [0.25, 0.3) is 0 Å². The summed E-state index contributed by atoms with van der Waals surface area (Å²) in [6, 6.07) is 1.61. The van der Waals surface area contributed by atoms with Crippen LogP contribution in [0, 0.1) is 0 Å². The fraction of sp³-hybridized carbons (Fsp3) is 0.438. The van der Waals surface area contributed by atoms with Gasteiger partial charge in [-0.15, -0.1) is 20.5 Å². The van der Waals surface area contributed by atoms with Gasteiger partial charge in [-0.25, -0.2) is 24.1 Å². The molecule has 0 saturated heterocycles. The Morgan fingerprint density at radius 1 is 0.808 bits per heavy atom. The van der Waals surface area contributed by atoms with Crippen molar-refractivity contribution in [2.75, 3.05) is 18.1 Å². The van der Waals surface area contributed by atoms with Crippen molar-refractivity contribution in [3.63, 3.8) is 0 Å². The van der Waals surface area contributed by atoms with Crippen molar-refractivity contribution in [3.05, 3.63) is 47.3 Å². The monoisotopic (exact) mass is 714 g/mol. The van der Waals surface area contributed by atoms with Crippen molar-refractivity contribution in [2.24, 2.45) is 34.6 Å². The Labute approximate surface area is 298 Å². The topological polar surface area (TPSA) is 262 Å². The highest BCUT2D eigenvalue weighted by Crippen LogP contribution is 2.35. The number of aryl methyl sites for hydroxylation is 4. The number of azo groups is 2. The number of anilines is 2. The predicted molar refractivity (Wildman–Crippen MR) is 189 cm³/mol. The van der Waals surface area contributed by atoms with Crippen molar-refractivity contribution >= 4 is 46.4 Å². The van der Waals surface area contributed by atoms with Crippen LogP contribution < -0.4 is 11.5 Å². The number of ketones is 1. The molecule has 1 atom stereocenters. The molecule has 0 bridgehead atoms. The second-order valence-electron chi connectivity index (χ2n) is 11.8. The Bertz CT molecular complexity index is 2120. The van der Waals surface area contributed by atoms with Crippen LogP contribution in [0.5, 0.6) is 0 Å². The van der Waals surface area contributed by atoms with E-state index in [1.165, 1.54) is 44.4 Å². The van der Waals surface area contributed by atoms with Crippen molar-refractivity contribution in [2.45, 2.75) is 72.3 Å². The van der Waals surface area contributed by atoms with E-state index < -0.39 is 17.9 Å². The van der Waals surface area contributed by atoms with E-state index in [0.29, 0.717) is 47.2 Å². The first-order valence-corrected chi connectivity index (χ1v) is 16.8. The highest BCUT2D eigenvalue weighted by atomic mass is 16.5. The number of nitrogen functional groups attached to an aromatic ring is 2. The van der Waals surface area contributed by atoms with Gasteiger partial charge >= 0.3 is 5.97 Å². The summed E-state index contributed by atoms with van der Waals surface area (Å²) < 4.78 is 10.8. The number of carbonyl (C=O) groups excluding carboxylic acids is 2. The minimum Gasteiger partial charge on any atom is -0.462 e. The van der Waals surface area contributed by atoms with Gasteiger partial charge in [0, 0.05) is 20.2 Å². The molecule has 5 rings (SSSR count). The van der Waals surface area contributed by atoms with E-state index in [-0.39, 0.29) is 41.0 Å². The zero-order chi connectivity index (χ0) is 37.5. The summed E-state index contributed by atoms with van der Waals surface area (Å²) in [5.74, 6) is 0.158. The lowest BCUT2D eigenvalue weighted by Crippen LogP contribution is -2.15. The predicted octanol–water partition coefficient (Wildman–Crippen LogP) is 4.74. The minimum atomic E-state index is -1.24. The van der Waals surface area contributed by atoms with Crippen molar-refractivity contribution in [3.8, 4) is 11.6 Å². The van der Waals surface area contributed by atoms with E-state index in [2.05, 4.69) is 54.5 Å². The lowest BCUT2D eigenvalue weighted by atomic mass is 10.1. The van der Waals surface area contributed by atoms with Gasteiger partial charge in [0.2, 0.25) is 0 Å². The number of nitrogens with zero attached hydrogens (tertiary/aromatic N) is 14. The van der Waals surface area contributed by atoms with Crippen LogP contribution in [0.15, 0.2) is 45.2 Å². The molecular weight excluding hydrogens is 672 g/mol. The molecule has 0 amide bonds. The summed E-state index contributed by atoms with van der Waals surface area (Å²) in [6.45, 7) is 7.39. The quantitative estimate of drug-likeness (QED) is 0.0711. The number of aliphatic hydroxyl groups is 1. The average Bonchev–Trinajstić information content (AvgIpc) is 3.87. The molecular formula is C32H42N16O4. The maximum Gasteiger partial charge on any atom is 0.343 e. The lowest BCUT2D eigenvalue weighted by molar-refractivity contribution is 0.0527. The number of aromatic nitrogens is 10. The van der Waals surface area contributed by atoms with Crippen molar-refractivity contribution in [1.82, 2.24) is 49.1 Å². The molecule has 0 aromatic carbocycles. The van der Waals surface area contributed by atoms with Gasteiger partial charge in [-0.1, -0.05) is 26.7 Å². The molecule has 274 valence electrons. The summed E-state index contributed by atoms with van der Waals surface area (Å²) in [4.78, 5) is 33.9. The number of Topliss-reactive ketones (excluding diaryl/α,β-unsaturated/α-hetero) is 1. The Morgan fingerprint density at radius 3 is 1.75 bits per heavy atom. The number of rotatable bonds is 16. The highest BCUT2D eigenvalue weighted by Gasteiger charge is 2.24. The molecule has 0 spiro atoms. The first-order chi connectivity index (χ1) is 25.0. The van der Waals surface area contributed by atoms with Gasteiger partial charge in [-0.2, -0.15) is 29.8 Å². The van der Waals surface area contributed by atoms with E-state index in [1.807, 2.05) is 0 Å². The second-order valence-corrected chi connectivity index (χ2v) is 11.8. The first-order valence-electron chi connectivity index (χ1n) is 16.8. The average molecular weight is 715 g/mol. The third kappa shape index (κ3) is 7.60. The van der Waals surface area contributed by atoms with Crippen LogP contribution in [0.2, 0.25) is 0 Å². The van der Waals surface area contributed by atoms with Gasteiger partial charge in [0.15, 0.2) is 52.1 Å². The second kappa shape index (κ2) is 16.2. The number of carbonyl (C=O) groups is 2. The molecule has 5 heterocycles. The molecule has 5 N–H and O–H groups in total. The van der Waals surface area contributed by atoms with Crippen molar-refractivity contribution < 1.29 is 19.4 Å². The first kappa shape index (κ1) is 37.1. The lowest BCUT2D eigenvalue weighted by Gasteiger charge is -2.06. The minimum absolute atomic E-state index is 0.122. The Kier molecular flexibility index (Phi) is 11.6. The zero-order valence-electron chi connectivity index (χ0n) is 29.9. The van der Waals surface area contributed by atoms with Crippen LogP contribution in [-0.2, 0) is 31.7 Å². The standard InChI is InChI=1S/C32H42N16O4/c1-7-10-12-21-25(39-41-30-19(15-37-45(30)5)27(50)18(4)49)28(33)47(43-21)23-14-24(36-17-35-23)48-29(34)26(22(44-48)13-11-8-2)40-42-31-20(16-38-46(31)6)32(51)52-9-3/h14-18,49H,7-13,33-34H2,1-6H3/b41-39+,42-40+. The molecule has 0 aliphatic carbocycles. The fourth-order valence-electron chi connectivity index (χ4n) is 5.15. The normalized spacial score (nSPS) is 12.4. The van der Waals surface area contributed by atoms with Gasteiger partial charge in [-0.3, -0.25) is 4.79 Å². The molecule has 0 aliphatic heterocycles. The van der Waals surface area contributed by atoms with Crippen LogP contribution in [0.25, 0.3) is 11.6 Å². The van der Waals surface area contributed by atoms with E-state index in [4.69, 9.17) is 26.4 Å². The van der Waals surface area contributed by atoms with Crippen LogP contribution >= 0.6 is 0 Å². The van der Waals surface area contributed by atoms with E-state index in [9.17, 15) is 14.7 Å². The van der Waals surface area contributed by atoms with E-state index in [0.717, 1.165) is 25.7 Å². The Morgan fingerprint density at radius 2 is 1.29 bits per heavy atom. The molecule has 20 heteroatoms. The molecule has 0 saturated carbocycles. The molecule has 5 aromatic heterocycles. The molecule has 0 aliphatic rings. The molecule has 0 fully saturated rings. The SMILES string of the molecule is CCCCc1nn(-c2cc(-n3nc(CCCC)c(/N=N/c4c(C(=O)C(C)O)cnn4C)c3N)ncn2)c(N)c1/N=N/c1c(C(=O)OCC)cnn1C. The number of ether oxygens (including phenoxy) is 1. The van der Waals surface area contributed by atoms with Gasteiger partial charge in [0.05, 0.1) is 36.0 Å². The van der Waals surface area contributed by atoms with Crippen molar-refractivity contribution in [1.29, 1.82) is 0 Å². The summed E-state index contributed by atoms with van der Waals surface area (Å²) in [6.07, 6.45) is 7.28. The van der Waals surface area contributed by atoms with Gasteiger partial charge in [-0.05, 0) is 39.5 Å². The molecule has 52 heavy (non-hydrogen) atoms. The number of nitrogens with two attached hydrogens (primary N) is 2. The number of hydrogen-bond acceptors (Lipinski definition) is 16. The number of unbranched alkanes of at least 4 members (excludes halogenated alkanes) is 2. The smallest absolute Gasteiger partial charge is 0.343 e. The molecule has 1 unspecified atom stereocenters. The van der Waals surface area contributed by atoms with Crippen LogP contribution in [0.1, 0.15) is 85.5 Å².